The van der Waals surface area contributed by atoms with E-state index in [2.05, 4.69) is 19.9 Å². The van der Waals surface area contributed by atoms with Gasteiger partial charge in [-0.2, -0.15) is 0 Å². The lowest BCUT2D eigenvalue weighted by atomic mass is 10.2. The molecule has 1 amide bonds. The highest BCUT2D eigenvalue weighted by molar-refractivity contribution is 5.94. The van der Waals surface area contributed by atoms with Crippen molar-refractivity contribution in [2.75, 3.05) is 31.6 Å². The molecule has 1 N–H and O–H groups in total. The number of amides is 1. The lowest BCUT2D eigenvalue weighted by Crippen LogP contribution is -2.26. The summed E-state index contributed by atoms with van der Waals surface area (Å²) in [6, 6.07) is 3.73. The lowest BCUT2D eigenvalue weighted by molar-refractivity contribution is -0.134. The van der Waals surface area contributed by atoms with Crippen LogP contribution in [0.4, 0.5) is 5.82 Å². The zero-order chi connectivity index (χ0) is 17.2. The van der Waals surface area contributed by atoms with Crippen molar-refractivity contribution in [3.05, 3.63) is 36.0 Å². The van der Waals surface area contributed by atoms with Crippen LogP contribution in [-0.2, 0) is 9.53 Å². The van der Waals surface area contributed by atoms with Crippen LogP contribution in [-0.4, -0.2) is 43.6 Å². The van der Waals surface area contributed by atoms with Crippen molar-refractivity contribution in [2.45, 2.75) is 32.1 Å². The highest BCUT2D eigenvalue weighted by Gasteiger charge is 2.12. The van der Waals surface area contributed by atoms with Crippen molar-refractivity contribution in [1.82, 2.24) is 10.3 Å². The number of aromatic nitrogens is 1. The van der Waals surface area contributed by atoms with Gasteiger partial charge in [0, 0.05) is 31.9 Å². The van der Waals surface area contributed by atoms with E-state index in [0.29, 0.717) is 18.5 Å². The van der Waals surface area contributed by atoms with Crippen LogP contribution in [0.15, 0.2) is 30.5 Å². The maximum atomic E-state index is 12.1. The molecule has 1 saturated heterocycles. The summed E-state index contributed by atoms with van der Waals surface area (Å²) >= 11 is 0. The van der Waals surface area contributed by atoms with Crippen LogP contribution >= 0.6 is 0 Å². The van der Waals surface area contributed by atoms with E-state index in [9.17, 15) is 9.59 Å². The fourth-order valence-electron chi connectivity index (χ4n) is 2.63. The van der Waals surface area contributed by atoms with E-state index in [0.717, 1.165) is 18.9 Å². The summed E-state index contributed by atoms with van der Waals surface area (Å²) in [6.07, 6.45) is 10.2. The molecule has 0 spiro atoms. The lowest BCUT2D eigenvalue weighted by Gasteiger charge is -2.21. The van der Waals surface area contributed by atoms with Gasteiger partial charge in [0.05, 0.1) is 12.7 Å². The third-order valence-corrected chi connectivity index (χ3v) is 3.99. The average molecular weight is 331 g/mol. The molecule has 0 aromatic carbocycles. The van der Waals surface area contributed by atoms with Gasteiger partial charge in [-0.3, -0.25) is 4.79 Å². The summed E-state index contributed by atoms with van der Waals surface area (Å²) in [7, 11) is 1.33. The Morgan fingerprint density at radius 3 is 2.62 bits per heavy atom. The van der Waals surface area contributed by atoms with Gasteiger partial charge < -0.3 is 15.0 Å². The van der Waals surface area contributed by atoms with Crippen LogP contribution in [0.1, 0.15) is 42.5 Å². The van der Waals surface area contributed by atoms with Crippen molar-refractivity contribution < 1.29 is 14.3 Å². The van der Waals surface area contributed by atoms with E-state index in [1.807, 2.05) is 12.1 Å². The van der Waals surface area contributed by atoms with Crippen molar-refractivity contribution in [1.29, 1.82) is 0 Å². The minimum Gasteiger partial charge on any atom is -0.466 e. The fourth-order valence-corrected chi connectivity index (χ4v) is 2.63. The number of nitrogens with zero attached hydrogens (tertiary/aromatic N) is 2. The number of esters is 1. The molecule has 1 aromatic heterocycles. The maximum absolute atomic E-state index is 12.1. The first-order chi connectivity index (χ1) is 11.7. The Bertz CT molecular complexity index is 561. The van der Waals surface area contributed by atoms with Gasteiger partial charge in [-0.15, -0.1) is 0 Å². The Hall–Kier alpha value is -2.37. The number of pyridine rings is 1. The summed E-state index contributed by atoms with van der Waals surface area (Å²) in [5.41, 5.74) is 0.547. The first-order valence-corrected chi connectivity index (χ1v) is 8.44. The van der Waals surface area contributed by atoms with Gasteiger partial charge in [0.25, 0.3) is 5.91 Å². The Balaban J connectivity index is 1.80. The van der Waals surface area contributed by atoms with E-state index in [-0.39, 0.29) is 5.91 Å². The van der Waals surface area contributed by atoms with Crippen molar-refractivity contribution in [2.24, 2.45) is 0 Å². The number of nitrogens with one attached hydrogen (secondary N) is 1. The van der Waals surface area contributed by atoms with E-state index in [4.69, 9.17) is 0 Å². The number of ether oxygens (including phenoxy) is 1. The van der Waals surface area contributed by atoms with Crippen LogP contribution in [0.5, 0.6) is 0 Å². The predicted molar refractivity (Wildman–Crippen MR) is 93.0 cm³/mol. The molecule has 0 aliphatic carbocycles. The second kappa shape index (κ2) is 9.70. The first kappa shape index (κ1) is 18.0. The summed E-state index contributed by atoms with van der Waals surface area (Å²) in [6.45, 7) is 2.52. The Morgan fingerprint density at radius 1 is 1.25 bits per heavy atom. The molecule has 6 nitrogen and oxygen atoms in total. The quantitative estimate of drug-likeness (QED) is 0.492. The monoisotopic (exact) mass is 331 g/mol. The standard InChI is InChI=1S/C18H25N3O3/c1-24-17(22)8-4-5-11-19-18(23)15-9-10-16(20-14-15)21-12-6-2-3-7-13-21/h4,8-10,14H,2-3,5-7,11-13H2,1H3,(H,19,23)/b8-4+. The van der Waals surface area contributed by atoms with Gasteiger partial charge in [-0.1, -0.05) is 18.9 Å². The molecule has 0 bridgehead atoms. The molecule has 0 unspecified atom stereocenters. The number of carbonyl (C=O) groups is 2. The van der Waals surface area contributed by atoms with E-state index >= 15 is 0 Å². The second-order valence-corrected chi connectivity index (χ2v) is 5.78. The number of rotatable bonds is 6. The van der Waals surface area contributed by atoms with Crippen LogP contribution in [0.2, 0.25) is 0 Å². The highest BCUT2D eigenvalue weighted by Crippen LogP contribution is 2.17. The minimum absolute atomic E-state index is 0.156. The molecular formula is C18H25N3O3. The fraction of sp³-hybridized carbons (Fsp3) is 0.500. The van der Waals surface area contributed by atoms with Crippen molar-refractivity contribution >= 4 is 17.7 Å². The van der Waals surface area contributed by atoms with Gasteiger partial charge in [0.15, 0.2) is 0 Å². The largest absolute Gasteiger partial charge is 0.466 e. The third-order valence-electron chi connectivity index (χ3n) is 3.99. The van der Waals surface area contributed by atoms with Gasteiger partial charge in [-0.05, 0) is 31.4 Å². The summed E-state index contributed by atoms with van der Waals surface area (Å²) in [5, 5.41) is 2.80. The van der Waals surface area contributed by atoms with Crippen LogP contribution in [0.25, 0.3) is 0 Å². The molecule has 2 rings (SSSR count). The maximum Gasteiger partial charge on any atom is 0.330 e. The Morgan fingerprint density at radius 2 is 2.00 bits per heavy atom. The molecule has 130 valence electrons. The average Bonchev–Trinajstić information content (AvgIpc) is 2.90. The highest BCUT2D eigenvalue weighted by atomic mass is 16.5. The van der Waals surface area contributed by atoms with Crippen LogP contribution in [0, 0.1) is 0 Å². The topological polar surface area (TPSA) is 71.5 Å². The Kier molecular flexibility index (Phi) is 7.26. The number of hydrogen-bond acceptors (Lipinski definition) is 5. The molecular weight excluding hydrogens is 306 g/mol. The third kappa shape index (κ3) is 5.68. The predicted octanol–water partition coefficient (Wildman–Crippen LogP) is 2.31. The second-order valence-electron chi connectivity index (χ2n) is 5.78. The van der Waals surface area contributed by atoms with Crippen LogP contribution < -0.4 is 10.2 Å². The normalized spacial score (nSPS) is 15.1. The molecule has 1 aromatic rings. The van der Waals surface area contributed by atoms with Crippen LogP contribution in [0.3, 0.4) is 0 Å². The van der Waals surface area contributed by atoms with Gasteiger partial charge >= 0.3 is 5.97 Å². The van der Waals surface area contributed by atoms with Gasteiger partial charge in [-0.25, -0.2) is 9.78 Å². The summed E-state index contributed by atoms with van der Waals surface area (Å²) < 4.78 is 4.49. The SMILES string of the molecule is COC(=O)/C=C/CCNC(=O)c1ccc(N2CCCCCC2)nc1. The molecule has 2 heterocycles. The zero-order valence-electron chi connectivity index (χ0n) is 14.2. The van der Waals surface area contributed by atoms with Gasteiger partial charge in [0.2, 0.25) is 0 Å². The minimum atomic E-state index is -0.394. The summed E-state index contributed by atoms with van der Waals surface area (Å²) in [4.78, 5) is 29.7. The molecule has 24 heavy (non-hydrogen) atoms. The zero-order valence-corrected chi connectivity index (χ0v) is 14.2. The number of methoxy groups -OCH3 is 1. The molecule has 0 saturated carbocycles. The molecule has 1 aliphatic heterocycles. The van der Waals surface area contributed by atoms with Crippen molar-refractivity contribution in [3.8, 4) is 0 Å². The molecule has 1 fully saturated rings. The first-order valence-electron chi connectivity index (χ1n) is 8.44. The number of hydrogen-bond donors (Lipinski definition) is 1. The molecule has 0 atom stereocenters. The molecule has 6 heteroatoms. The van der Waals surface area contributed by atoms with E-state index in [1.54, 1.807) is 12.3 Å². The van der Waals surface area contributed by atoms with Gasteiger partial charge in [0.1, 0.15) is 5.82 Å². The Labute approximate surface area is 142 Å². The van der Waals surface area contributed by atoms with E-state index in [1.165, 1.54) is 38.9 Å². The number of anilines is 1. The smallest absolute Gasteiger partial charge is 0.330 e. The number of carbonyl (C=O) groups excluding carboxylic acids is 2. The molecule has 1 aliphatic rings. The van der Waals surface area contributed by atoms with E-state index < -0.39 is 5.97 Å². The van der Waals surface area contributed by atoms with Crippen molar-refractivity contribution in [3.63, 3.8) is 0 Å². The molecule has 0 radical (unpaired) electrons. The summed E-state index contributed by atoms with van der Waals surface area (Å²) in [5.74, 6) is 0.389.